The van der Waals surface area contributed by atoms with Gasteiger partial charge in [-0.2, -0.15) is 0 Å². The van der Waals surface area contributed by atoms with Gasteiger partial charge in [-0.3, -0.25) is 18.6 Å². The molecule has 0 aromatic rings. The van der Waals surface area contributed by atoms with Crippen molar-refractivity contribution in [2.45, 2.75) is 174 Å². The Morgan fingerprint density at radius 2 is 0.750 bits per heavy atom. The molecule has 0 bridgehead atoms. The number of phosphoric acid groups is 1. The molecular formula is C62H99NO8P+. The van der Waals surface area contributed by atoms with E-state index in [0.29, 0.717) is 23.9 Å². The normalized spacial score (nSPS) is 14.6. The molecule has 0 aromatic carbocycles. The number of ether oxygens (including phenoxy) is 2. The van der Waals surface area contributed by atoms with Gasteiger partial charge in [0.05, 0.1) is 27.7 Å². The number of hydrogen-bond acceptors (Lipinski definition) is 7. The lowest BCUT2D eigenvalue weighted by atomic mass is 10.1. The Morgan fingerprint density at radius 3 is 1.11 bits per heavy atom. The highest BCUT2D eigenvalue weighted by molar-refractivity contribution is 7.47. The van der Waals surface area contributed by atoms with Crippen LogP contribution >= 0.6 is 7.82 Å². The SMILES string of the molecule is CC/C=C\C/C=C\C/C=C\C/C=C\C/C=C\C/C=C\C/C=C\C/C=C\C/C=C\C/C=C\CCCCCCC(=O)OC(COC(=O)CCCCC/C=C\C/C=C\C/C=C\CC)COP(=O)(O)OCC[N+](C)(C)C. The first-order valence-electron chi connectivity index (χ1n) is 27.2. The first-order valence-corrected chi connectivity index (χ1v) is 28.7. The van der Waals surface area contributed by atoms with E-state index in [0.717, 1.165) is 128 Å². The number of allylic oxidation sites excluding steroid dienone is 26. The molecule has 0 aliphatic rings. The number of nitrogens with zero attached hydrogens (tertiary/aromatic N) is 1. The third-order valence-corrected chi connectivity index (χ3v) is 11.5. The Morgan fingerprint density at radius 1 is 0.431 bits per heavy atom. The van der Waals surface area contributed by atoms with Crippen LogP contribution in [0.2, 0.25) is 0 Å². The summed E-state index contributed by atoms with van der Waals surface area (Å²) in [6.07, 6.45) is 77.5. The van der Waals surface area contributed by atoms with Crippen LogP contribution in [0, 0.1) is 0 Å². The third-order valence-electron chi connectivity index (χ3n) is 10.6. The summed E-state index contributed by atoms with van der Waals surface area (Å²) in [4.78, 5) is 35.5. The zero-order chi connectivity index (χ0) is 52.7. The number of rotatable bonds is 47. The Bertz CT molecular complexity index is 1770. The van der Waals surface area contributed by atoms with Crippen molar-refractivity contribution < 1.29 is 42.1 Å². The van der Waals surface area contributed by atoms with E-state index in [-0.39, 0.29) is 26.1 Å². The fourth-order valence-electron chi connectivity index (χ4n) is 6.41. The van der Waals surface area contributed by atoms with Crippen LogP contribution in [-0.2, 0) is 32.7 Å². The molecule has 2 unspecified atom stereocenters. The minimum atomic E-state index is -4.41. The van der Waals surface area contributed by atoms with Crippen LogP contribution in [0.15, 0.2) is 158 Å². The highest BCUT2D eigenvalue weighted by atomic mass is 31.2. The summed E-state index contributed by atoms with van der Waals surface area (Å²) in [5.74, 6) is -0.879. The maximum absolute atomic E-state index is 12.8. The maximum atomic E-state index is 12.8. The van der Waals surface area contributed by atoms with E-state index in [9.17, 15) is 19.0 Å². The van der Waals surface area contributed by atoms with Crippen molar-refractivity contribution in [3.8, 4) is 0 Å². The van der Waals surface area contributed by atoms with E-state index in [2.05, 4.69) is 172 Å². The average molecular weight is 1020 g/mol. The first kappa shape index (κ1) is 67.6. The van der Waals surface area contributed by atoms with Crippen molar-refractivity contribution >= 4 is 19.8 Å². The summed E-state index contributed by atoms with van der Waals surface area (Å²) in [6.45, 7) is 4.09. The molecular weight excluding hydrogens is 918 g/mol. The van der Waals surface area contributed by atoms with Gasteiger partial charge >= 0.3 is 19.8 Å². The van der Waals surface area contributed by atoms with Crippen LogP contribution in [0.25, 0.3) is 0 Å². The molecule has 0 saturated heterocycles. The highest BCUT2D eigenvalue weighted by Gasteiger charge is 2.27. The second-order valence-electron chi connectivity index (χ2n) is 18.5. The number of hydrogen-bond donors (Lipinski definition) is 1. The molecule has 0 aliphatic carbocycles. The fraction of sp³-hybridized carbons (Fsp3) is 0.548. The molecule has 0 amide bonds. The third kappa shape index (κ3) is 55.0. The number of phosphoric ester groups is 1. The van der Waals surface area contributed by atoms with Gasteiger partial charge in [-0.15, -0.1) is 0 Å². The molecule has 404 valence electrons. The minimum absolute atomic E-state index is 0.0118. The van der Waals surface area contributed by atoms with Crippen molar-refractivity contribution in [3.63, 3.8) is 0 Å². The van der Waals surface area contributed by atoms with Gasteiger partial charge in [0.2, 0.25) is 0 Å². The molecule has 0 fully saturated rings. The smallest absolute Gasteiger partial charge is 0.462 e. The molecule has 2 atom stereocenters. The zero-order valence-electron chi connectivity index (χ0n) is 45.6. The number of quaternary nitrogens is 1. The summed E-state index contributed by atoms with van der Waals surface area (Å²) in [6, 6.07) is 0. The van der Waals surface area contributed by atoms with E-state index in [1.807, 2.05) is 21.1 Å². The molecule has 0 saturated carbocycles. The second-order valence-corrected chi connectivity index (χ2v) is 19.9. The van der Waals surface area contributed by atoms with E-state index in [4.69, 9.17) is 18.5 Å². The van der Waals surface area contributed by atoms with Gasteiger partial charge in [-0.25, -0.2) is 4.57 Å². The van der Waals surface area contributed by atoms with Gasteiger partial charge in [0.15, 0.2) is 6.10 Å². The van der Waals surface area contributed by atoms with Crippen LogP contribution < -0.4 is 0 Å². The molecule has 0 rings (SSSR count). The molecule has 0 spiro atoms. The predicted molar refractivity (Wildman–Crippen MR) is 306 cm³/mol. The molecule has 9 nitrogen and oxygen atoms in total. The summed E-state index contributed by atoms with van der Waals surface area (Å²) < 4.78 is 34.4. The maximum Gasteiger partial charge on any atom is 0.472 e. The lowest BCUT2D eigenvalue weighted by molar-refractivity contribution is -0.870. The standard InChI is InChI=1S/C62H98NO8P/c1-6-8-10-12-14-16-18-20-21-22-23-24-25-26-27-28-29-30-31-32-33-34-35-36-37-38-39-40-41-43-45-47-49-51-53-55-62(65)71-60(59-70-72(66,67)69-57-56-63(3,4)5)58-68-61(64)54-52-50-48-46-44-42-19-17-15-13-11-9-7-2/h8-11,14-17,20-21,23-24,26-27,29-30,32-33,35-36,38-39,41-44,60H,6-7,12-13,18-19,22,25,28,31,34,37,40,45-59H2,1-5H3/p+1/b10-8-,11-9-,16-14-,17-15-,21-20-,24-23-,27-26-,30-29-,33-32-,36-35-,39-38-,43-41-,44-42-. The molecule has 0 radical (unpaired) electrons. The number of unbranched alkanes of at least 4 members (excludes halogenated alkanes) is 7. The summed E-state index contributed by atoms with van der Waals surface area (Å²) in [7, 11) is 1.41. The van der Waals surface area contributed by atoms with Gasteiger partial charge in [-0.1, -0.05) is 191 Å². The Labute approximate surface area is 439 Å². The van der Waals surface area contributed by atoms with Crippen molar-refractivity contribution in [3.05, 3.63) is 158 Å². The summed E-state index contributed by atoms with van der Waals surface area (Å²) in [5.41, 5.74) is 0. The van der Waals surface area contributed by atoms with Gasteiger partial charge < -0.3 is 18.9 Å². The number of carbonyl (C=O) groups excluding carboxylic acids is 2. The van der Waals surface area contributed by atoms with Crippen LogP contribution in [-0.4, -0.2) is 74.9 Å². The number of esters is 2. The van der Waals surface area contributed by atoms with E-state index >= 15 is 0 Å². The number of carbonyl (C=O) groups is 2. The summed E-state index contributed by atoms with van der Waals surface area (Å²) >= 11 is 0. The largest absolute Gasteiger partial charge is 0.472 e. The van der Waals surface area contributed by atoms with Gasteiger partial charge in [0.25, 0.3) is 0 Å². The van der Waals surface area contributed by atoms with Crippen LogP contribution in [0.1, 0.15) is 168 Å². The molecule has 0 aromatic heterocycles. The Hall–Kier alpha value is -4.37. The monoisotopic (exact) mass is 1020 g/mol. The molecule has 10 heteroatoms. The van der Waals surface area contributed by atoms with Gasteiger partial charge in [0, 0.05) is 12.8 Å². The highest BCUT2D eigenvalue weighted by Crippen LogP contribution is 2.43. The lowest BCUT2D eigenvalue weighted by Gasteiger charge is -2.24. The minimum Gasteiger partial charge on any atom is -0.462 e. The molecule has 1 N–H and O–H groups in total. The van der Waals surface area contributed by atoms with Crippen molar-refractivity contribution in [2.24, 2.45) is 0 Å². The van der Waals surface area contributed by atoms with E-state index in [1.165, 1.54) is 0 Å². The van der Waals surface area contributed by atoms with Crippen molar-refractivity contribution in [1.29, 1.82) is 0 Å². The molecule has 0 aliphatic heterocycles. The number of likely N-dealkylation sites (N-methyl/N-ethyl adjacent to an activating group) is 1. The van der Waals surface area contributed by atoms with Crippen LogP contribution in [0.5, 0.6) is 0 Å². The Kier molecular flexibility index (Phi) is 48.4. The quantitative estimate of drug-likeness (QED) is 0.0211. The first-order chi connectivity index (χ1) is 35.0. The fourth-order valence-corrected chi connectivity index (χ4v) is 7.15. The van der Waals surface area contributed by atoms with Gasteiger partial charge in [-0.05, 0) is 122 Å². The zero-order valence-corrected chi connectivity index (χ0v) is 46.5. The molecule has 72 heavy (non-hydrogen) atoms. The lowest BCUT2D eigenvalue weighted by Crippen LogP contribution is -2.37. The average Bonchev–Trinajstić information content (AvgIpc) is 3.34. The topological polar surface area (TPSA) is 108 Å². The van der Waals surface area contributed by atoms with Crippen molar-refractivity contribution in [2.75, 3.05) is 47.5 Å². The molecule has 0 heterocycles. The van der Waals surface area contributed by atoms with Gasteiger partial charge in [0.1, 0.15) is 19.8 Å². The van der Waals surface area contributed by atoms with E-state index < -0.39 is 32.5 Å². The van der Waals surface area contributed by atoms with Crippen LogP contribution in [0.4, 0.5) is 0 Å². The van der Waals surface area contributed by atoms with Crippen molar-refractivity contribution in [1.82, 2.24) is 0 Å². The second kappa shape index (κ2) is 51.5. The summed E-state index contributed by atoms with van der Waals surface area (Å²) in [5, 5.41) is 0. The predicted octanol–water partition coefficient (Wildman–Crippen LogP) is 16.9. The Balaban J connectivity index is 4.27. The van der Waals surface area contributed by atoms with E-state index in [1.54, 1.807) is 0 Å². The van der Waals surface area contributed by atoms with Crippen LogP contribution in [0.3, 0.4) is 0 Å².